The van der Waals surface area contributed by atoms with E-state index in [1.165, 1.54) is 6.92 Å². The molecule has 1 aromatic carbocycles. The lowest BCUT2D eigenvalue weighted by molar-refractivity contribution is -0.129. The van der Waals surface area contributed by atoms with Gasteiger partial charge in [-0.25, -0.2) is 15.0 Å². The molecule has 0 aliphatic carbocycles. The van der Waals surface area contributed by atoms with Gasteiger partial charge in [-0.3, -0.25) is 18.8 Å². The summed E-state index contributed by atoms with van der Waals surface area (Å²) in [4.78, 5) is 52.0. The molecular formula is C26H25N7O3S. The number of carbonyl (C=O) groups is 3. The van der Waals surface area contributed by atoms with E-state index in [9.17, 15) is 14.4 Å². The minimum absolute atomic E-state index is 0.0892. The Bertz CT molecular complexity index is 1470. The van der Waals surface area contributed by atoms with Crippen LogP contribution in [0.4, 0.5) is 11.6 Å². The Labute approximate surface area is 217 Å². The van der Waals surface area contributed by atoms with Gasteiger partial charge >= 0.3 is 0 Å². The second-order valence-corrected chi connectivity index (χ2v) is 9.77. The van der Waals surface area contributed by atoms with Crippen LogP contribution in [0, 0.1) is 0 Å². The first-order valence-electron chi connectivity index (χ1n) is 11.8. The van der Waals surface area contributed by atoms with Gasteiger partial charge in [-0.15, -0.1) is 0 Å². The van der Waals surface area contributed by atoms with Crippen molar-refractivity contribution in [1.29, 1.82) is 0 Å². The van der Waals surface area contributed by atoms with Crippen LogP contribution in [0.15, 0.2) is 61.1 Å². The van der Waals surface area contributed by atoms with E-state index in [1.54, 1.807) is 53.8 Å². The number of amides is 2. The minimum Gasteiger partial charge on any atom is -0.382 e. The summed E-state index contributed by atoms with van der Waals surface area (Å²) in [5.74, 6) is 1.22. The monoisotopic (exact) mass is 515 g/mol. The summed E-state index contributed by atoms with van der Waals surface area (Å²) in [6, 6.07) is 12.1. The van der Waals surface area contributed by atoms with Gasteiger partial charge in [0.1, 0.15) is 28.7 Å². The standard InChI is InChI=1S/C26H25N7O3S/c1-16(34)37-15-21(35)32-13-4-5-19(32)25-31-22(23-24(27)29-12-14-33(23)25)17-7-9-18(10-8-17)26(36)30-20-6-2-3-11-28-20/h2-3,6-12,14,19H,4-5,13,15H2,1H3,(H2,27,29)(H,28,30,36). The van der Waals surface area contributed by atoms with Gasteiger partial charge in [-0.05, 0) is 37.1 Å². The zero-order valence-electron chi connectivity index (χ0n) is 20.1. The van der Waals surface area contributed by atoms with E-state index in [1.807, 2.05) is 16.5 Å². The molecule has 188 valence electrons. The number of carbonyl (C=O) groups excluding carboxylic acids is 3. The number of aromatic nitrogens is 4. The molecule has 1 unspecified atom stereocenters. The van der Waals surface area contributed by atoms with Gasteiger partial charge in [-0.1, -0.05) is 30.0 Å². The lowest BCUT2D eigenvalue weighted by Gasteiger charge is -2.23. The summed E-state index contributed by atoms with van der Waals surface area (Å²) in [6.07, 6.45) is 6.60. The minimum atomic E-state index is -0.273. The molecule has 0 spiro atoms. The van der Waals surface area contributed by atoms with Crippen LogP contribution < -0.4 is 11.1 Å². The maximum atomic E-state index is 12.9. The number of likely N-dealkylation sites (tertiary alicyclic amines) is 1. The van der Waals surface area contributed by atoms with Crippen molar-refractivity contribution < 1.29 is 14.4 Å². The predicted octanol–water partition coefficient (Wildman–Crippen LogP) is 3.57. The van der Waals surface area contributed by atoms with Crippen LogP contribution in [0.2, 0.25) is 0 Å². The summed E-state index contributed by atoms with van der Waals surface area (Å²) in [7, 11) is 0. The number of hydrogen-bond acceptors (Lipinski definition) is 8. The van der Waals surface area contributed by atoms with Crippen molar-refractivity contribution in [3.05, 3.63) is 72.4 Å². The molecule has 4 heterocycles. The van der Waals surface area contributed by atoms with Crippen LogP contribution in [-0.2, 0) is 9.59 Å². The Morgan fingerprint density at radius 1 is 1.11 bits per heavy atom. The molecule has 0 radical (unpaired) electrons. The molecule has 5 rings (SSSR count). The van der Waals surface area contributed by atoms with Crippen molar-refractivity contribution in [1.82, 2.24) is 24.3 Å². The maximum absolute atomic E-state index is 12.9. The molecule has 1 atom stereocenters. The van der Waals surface area contributed by atoms with Crippen molar-refractivity contribution in [2.45, 2.75) is 25.8 Å². The highest BCUT2D eigenvalue weighted by Crippen LogP contribution is 2.36. The molecular weight excluding hydrogens is 490 g/mol. The summed E-state index contributed by atoms with van der Waals surface area (Å²) < 4.78 is 1.88. The number of pyridine rings is 1. The largest absolute Gasteiger partial charge is 0.382 e. The Morgan fingerprint density at radius 2 is 1.92 bits per heavy atom. The highest BCUT2D eigenvalue weighted by Gasteiger charge is 2.34. The van der Waals surface area contributed by atoms with E-state index in [0.29, 0.717) is 40.8 Å². The number of nitrogens with zero attached hydrogens (tertiary/aromatic N) is 5. The molecule has 3 N–H and O–H groups in total. The number of nitrogens with one attached hydrogen (secondary N) is 1. The Morgan fingerprint density at radius 3 is 2.65 bits per heavy atom. The summed E-state index contributed by atoms with van der Waals surface area (Å²) in [5, 5.41) is 2.68. The van der Waals surface area contributed by atoms with Crippen molar-refractivity contribution in [3.63, 3.8) is 0 Å². The molecule has 1 fully saturated rings. The number of rotatable bonds is 6. The lowest BCUT2D eigenvalue weighted by Crippen LogP contribution is -2.33. The highest BCUT2D eigenvalue weighted by atomic mass is 32.2. The highest BCUT2D eigenvalue weighted by molar-refractivity contribution is 8.14. The molecule has 3 aromatic heterocycles. The molecule has 1 aliphatic rings. The summed E-state index contributed by atoms with van der Waals surface area (Å²) >= 11 is 1.01. The molecule has 0 saturated carbocycles. The van der Waals surface area contributed by atoms with Gasteiger partial charge in [0.25, 0.3) is 5.91 Å². The number of thioether (sulfide) groups is 1. The van der Waals surface area contributed by atoms with E-state index in [-0.39, 0.29) is 28.7 Å². The van der Waals surface area contributed by atoms with Crippen molar-refractivity contribution >= 4 is 45.8 Å². The van der Waals surface area contributed by atoms with Crippen molar-refractivity contribution in [3.8, 4) is 11.3 Å². The summed E-state index contributed by atoms with van der Waals surface area (Å²) in [6.45, 7) is 2.06. The molecule has 1 saturated heterocycles. The van der Waals surface area contributed by atoms with Gasteiger partial charge in [0.2, 0.25) is 5.91 Å². The topological polar surface area (TPSA) is 136 Å². The average Bonchev–Trinajstić information content (AvgIpc) is 3.54. The number of anilines is 2. The van der Waals surface area contributed by atoms with E-state index in [2.05, 4.69) is 15.3 Å². The first-order valence-corrected chi connectivity index (χ1v) is 12.8. The third kappa shape index (κ3) is 5.03. The SMILES string of the molecule is CC(=O)SCC(=O)N1CCCC1c1nc(-c2ccc(C(=O)Nc3ccccn3)cc2)c2c(N)nccn12. The zero-order valence-corrected chi connectivity index (χ0v) is 20.9. The fourth-order valence-electron chi connectivity index (χ4n) is 4.51. The number of imidazole rings is 1. The van der Waals surface area contributed by atoms with Crippen LogP contribution in [0.5, 0.6) is 0 Å². The second kappa shape index (κ2) is 10.4. The number of nitrogen functional groups attached to an aromatic ring is 1. The lowest BCUT2D eigenvalue weighted by atomic mass is 10.1. The van der Waals surface area contributed by atoms with Gasteiger partial charge in [-0.2, -0.15) is 0 Å². The number of fused-ring (bicyclic) bond motifs is 1. The Hall–Kier alpha value is -4.25. The van der Waals surface area contributed by atoms with E-state index in [4.69, 9.17) is 10.7 Å². The molecule has 1 aliphatic heterocycles. The normalized spacial score (nSPS) is 15.2. The number of nitrogens with two attached hydrogens (primary N) is 1. The van der Waals surface area contributed by atoms with Gasteiger partial charge in [0, 0.05) is 43.2 Å². The molecule has 4 aromatic rings. The smallest absolute Gasteiger partial charge is 0.256 e. The third-order valence-corrected chi connectivity index (χ3v) is 7.01. The Kier molecular flexibility index (Phi) is 6.87. The number of benzene rings is 1. The average molecular weight is 516 g/mol. The van der Waals surface area contributed by atoms with Crippen LogP contribution in [-0.4, -0.2) is 53.5 Å². The van der Waals surface area contributed by atoms with Crippen LogP contribution in [0.3, 0.4) is 0 Å². The first kappa shape index (κ1) is 24.4. The fraction of sp³-hybridized carbons (Fsp3) is 0.231. The van der Waals surface area contributed by atoms with Gasteiger partial charge < -0.3 is 16.0 Å². The predicted molar refractivity (Wildman–Crippen MR) is 142 cm³/mol. The molecule has 2 amide bonds. The van der Waals surface area contributed by atoms with E-state index in [0.717, 1.165) is 30.2 Å². The quantitative estimate of drug-likeness (QED) is 0.398. The van der Waals surface area contributed by atoms with Crippen LogP contribution >= 0.6 is 11.8 Å². The van der Waals surface area contributed by atoms with E-state index < -0.39 is 0 Å². The summed E-state index contributed by atoms with van der Waals surface area (Å²) in [5.41, 5.74) is 8.78. The second-order valence-electron chi connectivity index (χ2n) is 8.62. The fourth-order valence-corrected chi connectivity index (χ4v) is 5.00. The molecule has 11 heteroatoms. The van der Waals surface area contributed by atoms with E-state index >= 15 is 0 Å². The van der Waals surface area contributed by atoms with Crippen LogP contribution in [0.25, 0.3) is 16.8 Å². The molecule has 0 bridgehead atoms. The third-order valence-electron chi connectivity index (χ3n) is 6.21. The van der Waals surface area contributed by atoms with Crippen molar-refractivity contribution in [2.75, 3.05) is 23.3 Å². The van der Waals surface area contributed by atoms with Gasteiger partial charge in [0.05, 0.1) is 11.8 Å². The van der Waals surface area contributed by atoms with Crippen molar-refractivity contribution in [2.24, 2.45) is 0 Å². The zero-order chi connectivity index (χ0) is 25.9. The first-order chi connectivity index (χ1) is 17.9. The molecule has 37 heavy (non-hydrogen) atoms. The molecule has 10 nitrogen and oxygen atoms in total. The number of hydrogen-bond donors (Lipinski definition) is 2. The van der Waals surface area contributed by atoms with Gasteiger partial charge in [0.15, 0.2) is 5.12 Å². The Balaban J connectivity index is 1.46. The van der Waals surface area contributed by atoms with Crippen LogP contribution in [0.1, 0.15) is 42.0 Å². The maximum Gasteiger partial charge on any atom is 0.256 e.